The number of hydrogen-bond donors (Lipinski definition) is 0. The molecular formula is C56H39N. The van der Waals surface area contributed by atoms with Gasteiger partial charge in [-0.05, 0) is 108 Å². The maximum atomic E-state index is 2.53. The summed E-state index contributed by atoms with van der Waals surface area (Å²) in [6, 6.07) is 75.1. The highest BCUT2D eigenvalue weighted by Crippen LogP contribution is 2.59. The minimum atomic E-state index is -0.548. The van der Waals surface area contributed by atoms with Crippen LogP contribution in [0, 0.1) is 0 Å². The van der Waals surface area contributed by atoms with Gasteiger partial charge < -0.3 is 4.57 Å². The molecule has 57 heavy (non-hydrogen) atoms. The van der Waals surface area contributed by atoms with E-state index in [-0.39, 0.29) is 5.41 Å². The van der Waals surface area contributed by atoms with Gasteiger partial charge in [0.05, 0.1) is 16.4 Å². The molecule has 0 saturated carbocycles. The molecule has 1 heteroatoms. The van der Waals surface area contributed by atoms with Gasteiger partial charge in [0.2, 0.25) is 0 Å². The monoisotopic (exact) mass is 725 g/mol. The van der Waals surface area contributed by atoms with Gasteiger partial charge in [-0.3, -0.25) is 0 Å². The van der Waals surface area contributed by atoms with Crippen LogP contribution in [-0.4, -0.2) is 4.57 Å². The van der Waals surface area contributed by atoms with Gasteiger partial charge in [0.15, 0.2) is 0 Å². The van der Waals surface area contributed by atoms with Crippen molar-refractivity contribution >= 4 is 32.6 Å². The molecule has 1 nitrogen and oxygen atoms in total. The molecule has 0 bridgehead atoms. The number of fused-ring (bicyclic) bond motifs is 10. The fourth-order valence-electron chi connectivity index (χ4n) is 10.8. The molecule has 9 aromatic carbocycles. The Bertz CT molecular complexity index is 3210. The molecule has 12 rings (SSSR count). The van der Waals surface area contributed by atoms with Crippen LogP contribution in [0.2, 0.25) is 0 Å². The van der Waals surface area contributed by atoms with Crippen LogP contribution in [0.1, 0.15) is 47.2 Å². The minimum absolute atomic E-state index is 0.102. The van der Waals surface area contributed by atoms with Crippen molar-refractivity contribution in [3.63, 3.8) is 0 Å². The van der Waals surface area contributed by atoms with Crippen LogP contribution in [0.4, 0.5) is 0 Å². The van der Waals surface area contributed by atoms with Crippen molar-refractivity contribution in [1.82, 2.24) is 4.57 Å². The molecule has 0 unspecified atom stereocenters. The molecule has 10 aromatic rings. The highest BCUT2D eigenvalue weighted by molar-refractivity contribution is 6.12. The van der Waals surface area contributed by atoms with Gasteiger partial charge in [-0.15, -0.1) is 0 Å². The number of hydrogen-bond acceptors (Lipinski definition) is 0. The van der Waals surface area contributed by atoms with Crippen LogP contribution >= 0.6 is 0 Å². The Kier molecular flexibility index (Phi) is 6.67. The second-order valence-electron chi connectivity index (χ2n) is 16.4. The van der Waals surface area contributed by atoms with E-state index in [0.29, 0.717) is 0 Å². The standard InChI is InChI=1S/C56H39N/c1-55(2)48-28-13-11-24-42(48)46-34-47-43-25-12-14-30-52(43)57(53(47)35-50(46)55)39-31-32-45-51(33-39)56(37-19-5-3-6-20-37,38-21-7-4-8-22-38)49-29-16-27-44(54(45)49)41-26-15-18-36-17-9-10-23-40(36)41/h3-35H,1-2H3. The molecular weight excluding hydrogens is 687 g/mol. The fourth-order valence-corrected chi connectivity index (χ4v) is 10.8. The van der Waals surface area contributed by atoms with Crippen LogP contribution in [-0.2, 0) is 10.8 Å². The van der Waals surface area contributed by atoms with E-state index >= 15 is 0 Å². The molecule has 268 valence electrons. The van der Waals surface area contributed by atoms with Crippen molar-refractivity contribution < 1.29 is 0 Å². The topological polar surface area (TPSA) is 4.93 Å². The van der Waals surface area contributed by atoms with E-state index in [1.54, 1.807) is 0 Å². The summed E-state index contributed by atoms with van der Waals surface area (Å²) in [6.07, 6.45) is 0. The third-order valence-electron chi connectivity index (χ3n) is 13.3. The van der Waals surface area contributed by atoms with Gasteiger partial charge in [-0.25, -0.2) is 0 Å². The first-order valence-electron chi connectivity index (χ1n) is 20.1. The molecule has 0 saturated heterocycles. The van der Waals surface area contributed by atoms with Crippen LogP contribution < -0.4 is 0 Å². The van der Waals surface area contributed by atoms with E-state index in [4.69, 9.17) is 0 Å². The molecule has 0 amide bonds. The molecule has 0 spiro atoms. The molecule has 0 N–H and O–H groups in total. The third-order valence-corrected chi connectivity index (χ3v) is 13.3. The first-order chi connectivity index (χ1) is 28.0. The predicted molar refractivity (Wildman–Crippen MR) is 239 cm³/mol. The summed E-state index contributed by atoms with van der Waals surface area (Å²) in [5.74, 6) is 0. The summed E-state index contributed by atoms with van der Waals surface area (Å²) in [7, 11) is 0. The van der Waals surface area contributed by atoms with Crippen molar-refractivity contribution in [2.75, 3.05) is 0 Å². The lowest BCUT2D eigenvalue weighted by molar-refractivity contribution is 0.661. The fraction of sp³-hybridized carbons (Fsp3) is 0.0714. The van der Waals surface area contributed by atoms with Crippen LogP contribution in [0.25, 0.3) is 71.6 Å². The molecule has 0 fully saturated rings. The zero-order valence-electron chi connectivity index (χ0n) is 32.0. The molecule has 0 radical (unpaired) electrons. The van der Waals surface area contributed by atoms with Gasteiger partial charge in [0.1, 0.15) is 0 Å². The quantitative estimate of drug-likeness (QED) is 0.170. The van der Waals surface area contributed by atoms with Crippen molar-refractivity contribution in [2.45, 2.75) is 24.7 Å². The number of benzene rings is 9. The van der Waals surface area contributed by atoms with Gasteiger partial charge in [-0.2, -0.15) is 0 Å². The van der Waals surface area contributed by atoms with E-state index < -0.39 is 5.41 Å². The van der Waals surface area contributed by atoms with E-state index in [1.165, 1.54) is 105 Å². The van der Waals surface area contributed by atoms with Crippen LogP contribution in [0.5, 0.6) is 0 Å². The Labute approximate surface area is 333 Å². The van der Waals surface area contributed by atoms with Gasteiger partial charge in [-0.1, -0.05) is 184 Å². The van der Waals surface area contributed by atoms with E-state index in [2.05, 4.69) is 219 Å². The SMILES string of the molecule is CC1(C)c2ccccc2-c2cc3c4ccccc4n(-c4ccc5c(c4)C(c4ccccc4)(c4ccccc4)c4cccc(-c6cccc7ccccc67)c4-5)c3cc21. The highest BCUT2D eigenvalue weighted by atomic mass is 15.0. The van der Waals surface area contributed by atoms with Crippen molar-refractivity contribution in [2.24, 2.45) is 0 Å². The first-order valence-corrected chi connectivity index (χ1v) is 20.1. The lowest BCUT2D eigenvalue weighted by atomic mass is 9.67. The van der Waals surface area contributed by atoms with Gasteiger partial charge >= 0.3 is 0 Å². The van der Waals surface area contributed by atoms with Gasteiger partial charge in [0.25, 0.3) is 0 Å². The first kappa shape index (κ1) is 32.3. The minimum Gasteiger partial charge on any atom is -0.309 e. The summed E-state index contributed by atoms with van der Waals surface area (Å²) in [4.78, 5) is 0. The molecule has 1 heterocycles. The maximum absolute atomic E-state index is 2.53. The zero-order valence-corrected chi connectivity index (χ0v) is 32.0. The largest absolute Gasteiger partial charge is 0.309 e. The van der Waals surface area contributed by atoms with E-state index in [1.807, 2.05) is 0 Å². The summed E-state index contributed by atoms with van der Waals surface area (Å²) < 4.78 is 2.53. The Morgan fingerprint density at radius 1 is 0.351 bits per heavy atom. The van der Waals surface area contributed by atoms with Crippen molar-refractivity contribution in [3.8, 4) is 39.1 Å². The Morgan fingerprint density at radius 2 is 0.965 bits per heavy atom. The third kappa shape index (κ3) is 4.29. The summed E-state index contributed by atoms with van der Waals surface area (Å²) in [6.45, 7) is 4.76. The highest BCUT2D eigenvalue weighted by Gasteiger charge is 2.47. The number of para-hydroxylation sites is 1. The van der Waals surface area contributed by atoms with Crippen LogP contribution in [0.3, 0.4) is 0 Å². The van der Waals surface area contributed by atoms with Gasteiger partial charge in [0, 0.05) is 21.9 Å². The lowest BCUT2D eigenvalue weighted by Crippen LogP contribution is -2.28. The number of rotatable bonds is 4. The molecule has 0 atom stereocenters. The Balaban J connectivity index is 1.19. The second kappa shape index (κ2) is 11.8. The lowest BCUT2D eigenvalue weighted by Gasteiger charge is -2.34. The average molecular weight is 726 g/mol. The van der Waals surface area contributed by atoms with E-state index in [0.717, 1.165) is 0 Å². The average Bonchev–Trinajstić information content (AvgIpc) is 3.84. The summed E-state index contributed by atoms with van der Waals surface area (Å²) in [5.41, 5.74) is 18.7. The van der Waals surface area contributed by atoms with Crippen molar-refractivity contribution in [1.29, 1.82) is 0 Å². The molecule has 1 aromatic heterocycles. The normalized spacial score (nSPS) is 14.4. The second-order valence-corrected chi connectivity index (χ2v) is 16.4. The summed E-state index contributed by atoms with van der Waals surface area (Å²) in [5, 5.41) is 5.09. The van der Waals surface area contributed by atoms with Crippen LogP contribution in [0.15, 0.2) is 200 Å². The number of nitrogens with zero attached hydrogens (tertiary/aromatic N) is 1. The molecule has 0 aliphatic heterocycles. The molecule has 2 aliphatic carbocycles. The predicted octanol–water partition coefficient (Wildman–Crippen LogP) is 14.3. The van der Waals surface area contributed by atoms with Crippen molar-refractivity contribution in [3.05, 3.63) is 234 Å². The number of aromatic nitrogens is 1. The Hall–Kier alpha value is -6.96. The zero-order chi connectivity index (χ0) is 37.9. The summed E-state index contributed by atoms with van der Waals surface area (Å²) >= 11 is 0. The van der Waals surface area contributed by atoms with E-state index in [9.17, 15) is 0 Å². The smallest absolute Gasteiger partial charge is 0.0714 e. The Morgan fingerprint density at radius 3 is 1.77 bits per heavy atom. The molecule has 2 aliphatic rings. The maximum Gasteiger partial charge on any atom is 0.0714 e.